The standard InChI is InChI=1S/C11H22O5/c1-7-9(13-3)11(15-5)10(14-4)8(16-7)6-12-2/h7-11H,6H2,1-5H3/t7-,8?,9?,10-,11+/m0/s1. The first-order valence-electron chi connectivity index (χ1n) is 5.42. The van der Waals surface area contributed by atoms with E-state index in [1.807, 2.05) is 6.92 Å². The van der Waals surface area contributed by atoms with Crippen LogP contribution in [-0.2, 0) is 23.7 Å². The van der Waals surface area contributed by atoms with Crippen molar-refractivity contribution in [2.75, 3.05) is 35.0 Å². The summed E-state index contributed by atoms with van der Waals surface area (Å²) in [6, 6.07) is 0. The molecule has 1 aliphatic heterocycles. The van der Waals surface area contributed by atoms with E-state index in [4.69, 9.17) is 23.7 Å². The second-order valence-corrected chi connectivity index (χ2v) is 3.94. The van der Waals surface area contributed by atoms with Gasteiger partial charge < -0.3 is 23.7 Å². The molecule has 0 aromatic rings. The zero-order chi connectivity index (χ0) is 12.1. The van der Waals surface area contributed by atoms with Crippen molar-refractivity contribution in [3.05, 3.63) is 0 Å². The fourth-order valence-electron chi connectivity index (χ4n) is 2.27. The van der Waals surface area contributed by atoms with Gasteiger partial charge in [0.1, 0.15) is 24.4 Å². The molecule has 1 fully saturated rings. The van der Waals surface area contributed by atoms with Crippen molar-refractivity contribution in [1.29, 1.82) is 0 Å². The van der Waals surface area contributed by atoms with Crippen LogP contribution in [0.15, 0.2) is 0 Å². The summed E-state index contributed by atoms with van der Waals surface area (Å²) in [4.78, 5) is 0. The van der Waals surface area contributed by atoms with Crippen LogP contribution in [0.3, 0.4) is 0 Å². The summed E-state index contributed by atoms with van der Waals surface area (Å²) in [7, 11) is 6.60. The summed E-state index contributed by atoms with van der Waals surface area (Å²) in [5, 5.41) is 0. The Kier molecular flexibility index (Phi) is 5.64. The van der Waals surface area contributed by atoms with Gasteiger partial charge in [-0.05, 0) is 6.92 Å². The van der Waals surface area contributed by atoms with Crippen LogP contribution in [0.2, 0.25) is 0 Å². The van der Waals surface area contributed by atoms with E-state index in [0.717, 1.165) is 0 Å². The largest absolute Gasteiger partial charge is 0.382 e. The first-order chi connectivity index (χ1) is 7.69. The van der Waals surface area contributed by atoms with Crippen LogP contribution in [0.4, 0.5) is 0 Å². The predicted octanol–water partition coefficient (Wildman–Crippen LogP) is 0.465. The lowest BCUT2D eigenvalue weighted by Crippen LogP contribution is -2.59. The SMILES string of the molecule is COCC1O[C@@H](C)C(OC)[C@@H](OC)[C@H]1OC. The van der Waals surface area contributed by atoms with Crippen LogP contribution in [0.25, 0.3) is 0 Å². The molecule has 0 radical (unpaired) electrons. The molecule has 5 atom stereocenters. The van der Waals surface area contributed by atoms with Gasteiger partial charge >= 0.3 is 0 Å². The third kappa shape index (κ3) is 2.73. The van der Waals surface area contributed by atoms with Crippen molar-refractivity contribution in [3.63, 3.8) is 0 Å². The summed E-state index contributed by atoms with van der Waals surface area (Å²) in [6.45, 7) is 2.45. The first kappa shape index (κ1) is 13.9. The van der Waals surface area contributed by atoms with Crippen molar-refractivity contribution in [1.82, 2.24) is 0 Å². The normalized spacial score (nSPS) is 39.9. The molecule has 1 rings (SSSR count). The maximum atomic E-state index is 5.81. The molecule has 5 heteroatoms. The summed E-state index contributed by atoms with van der Waals surface area (Å²) in [6.07, 6.45) is -0.601. The lowest BCUT2D eigenvalue weighted by Gasteiger charge is -2.43. The number of methoxy groups -OCH3 is 4. The van der Waals surface area contributed by atoms with Gasteiger partial charge in [-0.1, -0.05) is 0 Å². The molecule has 5 nitrogen and oxygen atoms in total. The molecular formula is C11H22O5. The minimum Gasteiger partial charge on any atom is -0.382 e. The minimum absolute atomic E-state index is 0.0403. The molecule has 0 bridgehead atoms. The molecule has 1 saturated heterocycles. The molecule has 0 aliphatic carbocycles. The summed E-state index contributed by atoms with van der Waals surface area (Å²) in [5.74, 6) is 0. The van der Waals surface area contributed by atoms with Gasteiger partial charge in [0, 0.05) is 28.4 Å². The summed E-state index contributed by atoms with van der Waals surface area (Å²) < 4.78 is 27.2. The van der Waals surface area contributed by atoms with Crippen LogP contribution in [0.1, 0.15) is 6.92 Å². The minimum atomic E-state index is -0.175. The topological polar surface area (TPSA) is 46.2 Å². The quantitative estimate of drug-likeness (QED) is 0.692. The molecule has 0 aromatic carbocycles. The van der Waals surface area contributed by atoms with Crippen molar-refractivity contribution in [2.45, 2.75) is 37.4 Å². The number of hydrogen-bond acceptors (Lipinski definition) is 5. The van der Waals surface area contributed by atoms with Gasteiger partial charge in [-0.2, -0.15) is 0 Å². The van der Waals surface area contributed by atoms with E-state index in [9.17, 15) is 0 Å². The van der Waals surface area contributed by atoms with E-state index in [2.05, 4.69) is 0 Å². The third-order valence-corrected chi connectivity index (χ3v) is 3.01. The van der Waals surface area contributed by atoms with E-state index < -0.39 is 0 Å². The van der Waals surface area contributed by atoms with Crippen molar-refractivity contribution >= 4 is 0 Å². The van der Waals surface area contributed by atoms with E-state index in [1.54, 1.807) is 28.4 Å². The van der Waals surface area contributed by atoms with Gasteiger partial charge in [0.2, 0.25) is 0 Å². The molecule has 0 spiro atoms. The Balaban J connectivity index is 2.78. The van der Waals surface area contributed by atoms with Crippen LogP contribution < -0.4 is 0 Å². The molecule has 1 aliphatic rings. The van der Waals surface area contributed by atoms with Crippen LogP contribution in [-0.4, -0.2) is 65.6 Å². The second kappa shape index (κ2) is 6.51. The molecular weight excluding hydrogens is 212 g/mol. The smallest absolute Gasteiger partial charge is 0.114 e. The highest BCUT2D eigenvalue weighted by molar-refractivity contribution is 4.93. The number of ether oxygens (including phenoxy) is 5. The van der Waals surface area contributed by atoms with E-state index in [0.29, 0.717) is 6.61 Å². The van der Waals surface area contributed by atoms with Crippen LogP contribution in [0, 0.1) is 0 Å². The van der Waals surface area contributed by atoms with Crippen molar-refractivity contribution in [2.24, 2.45) is 0 Å². The highest BCUT2D eigenvalue weighted by atomic mass is 16.6. The molecule has 0 aromatic heterocycles. The van der Waals surface area contributed by atoms with Gasteiger partial charge in [-0.3, -0.25) is 0 Å². The number of hydrogen-bond donors (Lipinski definition) is 0. The Morgan fingerprint density at radius 2 is 1.44 bits per heavy atom. The Morgan fingerprint density at radius 3 is 1.88 bits per heavy atom. The Labute approximate surface area is 97.0 Å². The van der Waals surface area contributed by atoms with Crippen LogP contribution in [0.5, 0.6) is 0 Å². The first-order valence-corrected chi connectivity index (χ1v) is 5.42. The van der Waals surface area contributed by atoms with Crippen molar-refractivity contribution in [3.8, 4) is 0 Å². The molecule has 0 saturated carbocycles. The van der Waals surface area contributed by atoms with Gasteiger partial charge in [0.05, 0.1) is 12.7 Å². The Bertz CT molecular complexity index is 199. The second-order valence-electron chi connectivity index (χ2n) is 3.94. The molecule has 1 heterocycles. The summed E-state index contributed by atoms with van der Waals surface area (Å²) in [5.41, 5.74) is 0. The average Bonchev–Trinajstić information content (AvgIpc) is 2.28. The van der Waals surface area contributed by atoms with Gasteiger partial charge in [-0.15, -0.1) is 0 Å². The summed E-state index contributed by atoms with van der Waals surface area (Å²) >= 11 is 0. The van der Waals surface area contributed by atoms with Gasteiger partial charge in [-0.25, -0.2) is 0 Å². The molecule has 96 valence electrons. The van der Waals surface area contributed by atoms with Gasteiger partial charge in [0.15, 0.2) is 0 Å². The highest BCUT2D eigenvalue weighted by Crippen LogP contribution is 2.26. The third-order valence-electron chi connectivity index (χ3n) is 3.01. The Hall–Kier alpha value is -0.200. The fraction of sp³-hybridized carbons (Fsp3) is 1.00. The Morgan fingerprint density at radius 1 is 0.875 bits per heavy atom. The zero-order valence-corrected chi connectivity index (χ0v) is 10.6. The zero-order valence-electron chi connectivity index (χ0n) is 10.6. The van der Waals surface area contributed by atoms with Gasteiger partial charge in [0.25, 0.3) is 0 Å². The van der Waals surface area contributed by atoms with E-state index >= 15 is 0 Å². The molecule has 2 unspecified atom stereocenters. The molecule has 16 heavy (non-hydrogen) atoms. The van der Waals surface area contributed by atoms with Crippen molar-refractivity contribution < 1.29 is 23.7 Å². The maximum absolute atomic E-state index is 5.81. The van der Waals surface area contributed by atoms with Crippen LogP contribution >= 0.6 is 0 Å². The predicted molar refractivity (Wildman–Crippen MR) is 58.6 cm³/mol. The lowest BCUT2D eigenvalue weighted by atomic mass is 9.95. The maximum Gasteiger partial charge on any atom is 0.114 e. The average molecular weight is 234 g/mol. The highest BCUT2D eigenvalue weighted by Gasteiger charge is 2.45. The number of rotatable bonds is 5. The fourth-order valence-corrected chi connectivity index (χ4v) is 2.27. The molecule has 0 N–H and O–H groups in total. The monoisotopic (exact) mass is 234 g/mol. The van der Waals surface area contributed by atoms with E-state index in [1.165, 1.54) is 0 Å². The molecule has 0 amide bonds. The van der Waals surface area contributed by atoms with E-state index in [-0.39, 0.29) is 30.5 Å². The lowest BCUT2D eigenvalue weighted by molar-refractivity contribution is -0.245.